The van der Waals surface area contributed by atoms with Crippen molar-refractivity contribution in [3.63, 3.8) is 0 Å². The quantitative estimate of drug-likeness (QED) is 0.840. The van der Waals surface area contributed by atoms with E-state index in [1.165, 1.54) is 0 Å². The van der Waals surface area contributed by atoms with E-state index >= 15 is 0 Å². The molecule has 2 rings (SSSR count). The Bertz CT molecular complexity index is 479. The van der Waals surface area contributed by atoms with E-state index in [4.69, 9.17) is 11.6 Å². The third kappa shape index (κ3) is 3.93. The molecule has 1 aromatic rings. The number of nitrogens with one attached hydrogen (secondary N) is 1. The molecule has 1 heterocycles. The van der Waals surface area contributed by atoms with Gasteiger partial charge in [-0.3, -0.25) is 4.79 Å². The van der Waals surface area contributed by atoms with Gasteiger partial charge in [0.25, 0.3) is 5.91 Å². The van der Waals surface area contributed by atoms with Gasteiger partial charge in [-0.05, 0) is 31.4 Å². The lowest BCUT2D eigenvalue weighted by Gasteiger charge is -2.28. The van der Waals surface area contributed by atoms with E-state index in [9.17, 15) is 9.90 Å². The largest absolute Gasteiger partial charge is 0.391 e. The van der Waals surface area contributed by atoms with Gasteiger partial charge in [0, 0.05) is 11.3 Å². The summed E-state index contributed by atoms with van der Waals surface area (Å²) in [5, 5.41) is 13.1. The first-order chi connectivity index (χ1) is 9.60. The summed E-state index contributed by atoms with van der Waals surface area (Å²) in [6.07, 6.45) is 4.95. The van der Waals surface area contributed by atoms with Crippen LogP contribution in [0.1, 0.15) is 55.1 Å². The Morgan fingerprint density at radius 1 is 1.45 bits per heavy atom. The maximum atomic E-state index is 12.3. The van der Waals surface area contributed by atoms with Crippen LogP contribution in [0, 0.1) is 0 Å². The normalized spacial score (nSPS) is 22.6. The third-order valence-electron chi connectivity index (χ3n) is 3.66. The standard InChI is InChI=1S/C15H21ClN2O2/c1-2-5-11-8-10(9-14(16)17-11)15(20)18-12-6-3-4-7-13(12)19/h8-9,12-13,19H,2-7H2,1H3,(H,18,20)/t12-,13-/m1/s1. The molecule has 0 radical (unpaired) electrons. The van der Waals surface area contributed by atoms with Crippen LogP contribution in [0.15, 0.2) is 12.1 Å². The Hall–Kier alpha value is -1.13. The van der Waals surface area contributed by atoms with Crippen LogP contribution in [0.2, 0.25) is 5.15 Å². The number of hydrogen-bond donors (Lipinski definition) is 2. The molecule has 0 bridgehead atoms. The number of amides is 1. The minimum atomic E-state index is -0.444. The molecular weight excluding hydrogens is 276 g/mol. The maximum absolute atomic E-state index is 12.3. The second-order valence-electron chi connectivity index (χ2n) is 5.35. The van der Waals surface area contributed by atoms with E-state index in [2.05, 4.69) is 17.2 Å². The van der Waals surface area contributed by atoms with Crippen molar-refractivity contribution in [1.82, 2.24) is 10.3 Å². The topological polar surface area (TPSA) is 62.2 Å². The predicted octanol–water partition coefficient (Wildman–Crippen LogP) is 2.72. The molecular formula is C15H21ClN2O2. The molecule has 5 heteroatoms. The average molecular weight is 297 g/mol. The number of aliphatic hydroxyl groups is 1. The van der Waals surface area contributed by atoms with Crippen LogP contribution in [-0.4, -0.2) is 28.1 Å². The lowest BCUT2D eigenvalue weighted by Crippen LogP contribution is -2.45. The molecule has 0 aromatic carbocycles. The van der Waals surface area contributed by atoms with E-state index in [1.807, 2.05) is 0 Å². The molecule has 0 aliphatic heterocycles. The summed E-state index contributed by atoms with van der Waals surface area (Å²) in [5.74, 6) is -0.183. The van der Waals surface area contributed by atoms with E-state index in [0.717, 1.165) is 44.2 Å². The Morgan fingerprint density at radius 2 is 2.20 bits per heavy atom. The second kappa shape index (κ2) is 7.04. The van der Waals surface area contributed by atoms with Gasteiger partial charge in [-0.2, -0.15) is 0 Å². The van der Waals surface area contributed by atoms with Crippen molar-refractivity contribution in [2.45, 2.75) is 57.6 Å². The molecule has 1 aliphatic carbocycles. The van der Waals surface area contributed by atoms with Crippen molar-refractivity contribution >= 4 is 17.5 Å². The van der Waals surface area contributed by atoms with Crippen LogP contribution in [0.4, 0.5) is 0 Å². The molecule has 2 N–H and O–H groups in total. The van der Waals surface area contributed by atoms with Crippen molar-refractivity contribution in [1.29, 1.82) is 0 Å². The monoisotopic (exact) mass is 296 g/mol. The molecule has 110 valence electrons. The van der Waals surface area contributed by atoms with Gasteiger partial charge in [0.05, 0.1) is 12.1 Å². The van der Waals surface area contributed by atoms with E-state index in [-0.39, 0.29) is 11.9 Å². The Labute approximate surface area is 124 Å². The minimum absolute atomic E-state index is 0.155. The molecule has 1 fully saturated rings. The Balaban J connectivity index is 2.08. The highest BCUT2D eigenvalue weighted by molar-refractivity contribution is 6.29. The molecule has 1 aromatic heterocycles. The highest BCUT2D eigenvalue weighted by Crippen LogP contribution is 2.19. The molecule has 1 aliphatic rings. The molecule has 2 atom stereocenters. The lowest BCUT2D eigenvalue weighted by molar-refractivity contribution is 0.0717. The van der Waals surface area contributed by atoms with E-state index in [0.29, 0.717) is 10.7 Å². The predicted molar refractivity (Wildman–Crippen MR) is 79.0 cm³/mol. The van der Waals surface area contributed by atoms with Crippen LogP contribution in [-0.2, 0) is 6.42 Å². The fraction of sp³-hybridized carbons (Fsp3) is 0.600. The first kappa shape index (κ1) is 15.3. The van der Waals surface area contributed by atoms with Crippen LogP contribution < -0.4 is 5.32 Å². The number of carbonyl (C=O) groups excluding carboxylic acids is 1. The SMILES string of the molecule is CCCc1cc(C(=O)N[C@@H]2CCCC[C@H]2O)cc(Cl)n1. The Morgan fingerprint density at radius 3 is 2.90 bits per heavy atom. The number of aryl methyl sites for hydroxylation is 1. The molecule has 20 heavy (non-hydrogen) atoms. The summed E-state index contributed by atoms with van der Waals surface area (Å²) in [5.41, 5.74) is 1.35. The van der Waals surface area contributed by atoms with E-state index in [1.54, 1.807) is 12.1 Å². The number of carbonyl (C=O) groups is 1. The zero-order valence-electron chi connectivity index (χ0n) is 11.7. The molecule has 0 unspecified atom stereocenters. The fourth-order valence-electron chi connectivity index (χ4n) is 2.60. The summed E-state index contributed by atoms with van der Waals surface area (Å²) < 4.78 is 0. The zero-order chi connectivity index (χ0) is 14.5. The molecule has 1 amide bonds. The number of pyridine rings is 1. The van der Waals surface area contributed by atoms with Gasteiger partial charge >= 0.3 is 0 Å². The summed E-state index contributed by atoms with van der Waals surface area (Å²) in [4.78, 5) is 16.5. The van der Waals surface area contributed by atoms with Crippen molar-refractivity contribution < 1.29 is 9.90 Å². The average Bonchev–Trinajstić information content (AvgIpc) is 2.41. The third-order valence-corrected chi connectivity index (χ3v) is 3.86. The lowest BCUT2D eigenvalue weighted by atomic mass is 9.92. The van der Waals surface area contributed by atoms with Gasteiger partial charge in [0.15, 0.2) is 0 Å². The van der Waals surface area contributed by atoms with Crippen molar-refractivity contribution in [3.8, 4) is 0 Å². The number of nitrogens with zero attached hydrogens (tertiary/aromatic N) is 1. The molecule has 1 saturated carbocycles. The zero-order valence-corrected chi connectivity index (χ0v) is 12.5. The van der Waals surface area contributed by atoms with Gasteiger partial charge in [-0.25, -0.2) is 4.98 Å². The van der Waals surface area contributed by atoms with Gasteiger partial charge in [0.1, 0.15) is 5.15 Å². The number of hydrogen-bond acceptors (Lipinski definition) is 3. The highest BCUT2D eigenvalue weighted by atomic mass is 35.5. The van der Waals surface area contributed by atoms with Gasteiger partial charge in [-0.1, -0.05) is 37.8 Å². The summed E-state index contributed by atoms with van der Waals surface area (Å²) in [6.45, 7) is 2.06. The molecule has 4 nitrogen and oxygen atoms in total. The smallest absolute Gasteiger partial charge is 0.251 e. The number of aromatic nitrogens is 1. The fourth-order valence-corrected chi connectivity index (χ4v) is 2.82. The number of aliphatic hydroxyl groups excluding tert-OH is 1. The number of halogens is 1. The van der Waals surface area contributed by atoms with Gasteiger partial charge in [0.2, 0.25) is 0 Å². The van der Waals surface area contributed by atoms with Crippen LogP contribution >= 0.6 is 11.6 Å². The highest BCUT2D eigenvalue weighted by Gasteiger charge is 2.25. The first-order valence-corrected chi connectivity index (χ1v) is 7.63. The van der Waals surface area contributed by atoms with Crippen LogP contribution in [0.5, 0.6) is 0 Å². The summed E-state index contributed by atoms with van der Waals surface area (Å²) in [7, 11) is 0. The van der Waals surface area contributed by atoms with Crippen molar-refractivity contribution in [3.05, 3.63) is 28.5 Å². The summed E-state index contributed by atoms with van der Waals surface area (Å²) >= 11 is 5.96. The second-order valence-corrected chi connectivity index (χ2v) is 5.74. The molecule has 0 spiro atoms. The van der Waals surface area contributed by atoms with Gasteiger partial charge in [-0.15, -0.1) is 0 Å². The van der Waals surface area contributed by atoms with E-state index < -0.39 is 6.10 Å². The molecule has 0 saturated heterocycles. The number of rotatable bonds is 4. The summed E-state index contributed by atoms with van der Waals surface area (Å²) in [6, 6.07) is 3.20. The first-order valence-electron chi connectivity index (χ1n) is 7.25. The van der Waals surface area contributed by atoms with Crippen molar-refractivity contribution in [2.75, 3.05) is 0 Å². The minimum Gasteiger partial charge on any atom is -0.391 e. The van der Waals surface area contributed by atoms with Crippen LogP contribution in [0.3, 0.4) is 0 Å². The van der Waals surface area contributed by atoms with Gasteiger partial charge < -0.3 is 10.4 Å². The maximum Gasteiger partial charge on any atom is 0.251 e. The van der Waals surface area contributed by atoms with Crippen LogP contribution in [0.25, 0.3) is 0 Å². The van der Waals surface area contributed by atoms with Crippen molar-refractivity contribution in [2.24, 2.45) is 0 Å². The Kier molecular flexibility index (Phi) is 5.38.